The first-order valence-electron chi connectivity index (χ1n) is 3.41. The largest absolute Gasteiger partial charge is 0.375 e. The molecule has 1 aromatic heterocycles. The van der Waals surface area contributed by atoms with Crippen molar-refractivity contribution >= 4 is 17.6 Å². The average Bonchev–Trinajstić information content (AvgIpc) is 2.46. The van der Waals surface area contributed by atoms with Gasteiger partial charge in [0, 0.05) is 6.42 Å². The summed E-state index contributed by atoms with van der Waals surface area (Å²) in [4.78, 5) is 15.6. The van der Waals surface area contributed by atoms with E-state index >= 15 is 0 Å². The molecule has 0 fully saturated rings. The first-order valence-corrected chi connectivity index (χ1v) is 4.23. The number of aromatic nitrogens is 1. The summed E-state index contributed by atoms with van der Waals surface area (Å²) < 4.78 is 5.21. The van der Waals surface area contributed by atoms with Gasteiger partial charge in [-0.2, -0.15) is 0 Å². The van der Waals surface area contributed by atoms with Crippen LogP contribution >= 0.6 is 11.3 Å². The zero-order valence-corrected chi connectivity index (χ0v) is 6.69. The van der Waals surface area contributed by atoms with Crippen LogP contribution in [0.25, 0.3) is 0 Å². The first kappa shape index (κ1) is 6.94. The van der Waals surface area contributed by atoms with Gasteiger partial charge in [-0.25, -0.2) is 4.98 Å². The number of ether oxygens (including phenoxy) is 1. The molecule has 2 rings (SSSR count). The number of thiazole rings is 1. The number of hydrogen-bond acceptors (Lipinski definition) is 4. The molecule has 1 aromatic rings. The Morgan fingerprint density at radius 3 is 3.27 bits per heavy atom. The summed E-state index contributed by atoms with van der Waals surface area (Å²) in [5.41, 5.74) is 1.04. The molecule has 0 N–H and O–H groups in total. The number of carbonyl (C=O) groups is 1. The highest BCUT2D eigenvalue weighted by atomic mass is 32.1. The van der Waals surface area contributed by atoms with Crippen LogP contribution in [0.4, 0.5) is 0 Å². The van der Waals surface area contributed by atoms with E-state index in [-0.39, 0.29) is 0 Å². The van der Waals surface area contributed by atoms with Gasteiger partial charge in [0.1, 0.15) is 0 Å². The van der Waals surface area contributed by atoms with Crippen molar-refractivity contribution in [2.24, 2.45) is 0 Å². The minimum atomic E-state index is 0.570. The highest BCUT2D eigenvalue weighted by Gasteiger charge is 2.14. The molecule has 0 aliphatic carbocycles. The van der Waals surface area contributed by atoms with Crippen molar-refractivity contribution in [2.75, 3.05) is 6.61 Å². The van der Waals surface area contributed by atoms with Gasteiger partial charge in [-0.05, 0) is 0 Å². The Morgan fingerprint density at radius 2 is 2.55 bits per heavy atom. The molecule has 11 heavy (non-hydrogen) atoms. The van der Waals surface area contributed by atoms with E-state index in [0.717, 1.165) is 29.9 Å². The van der Waals surface area contributed by atoms with E-state index in [9.17, 15) is 4.79 Å². The molecular formula is C7H7NO2S. The molecule has 0 saturated heterocycles. The zero-order chi connectivity index (χ0) is 7.68. The van der Waals surface area contributed by atoms with E-state index in [1.54, 1.807) is 0 Å². The van der Waals surface area contributed by atoms with Crippen LogP contribution in [0.1, 0.15) is 20.4 Å². The minimum absolute atomic E-state index is 0.570. The van der Waals surface area contributed by atoms with E-state index in [4.69, 9.17) is 4.74 Å². The lowest BCUT2D eigenvalue weighted by Gasteiger charge is -2.08. The van der Waals surface area contributed by atoms with Crippen LogP contribution in [-0.4, -0.2) is 17.9 Å². The Morgan fingerprint density at radius 1 is 1.64 bits per heavy atom. The van der Waals surface area contributed by atoms with Crippen molar-refractivity contribution in [1.29, 1.82) is 0 Å². The van der Waals surface area contributed by atoms with Gasteiger partial charge in [0.15, 0.2) is 11.3 Å². The lowest BCUT2D eigenvalue weighted by molar-refractivity contribution is 0.111. The van der Waals surface area contributed by atoms with E-state index in [0.29, 0.717) is 11.6 Å². The number of hydrogen-bond donors (Lipinski definition) is 0. The third kappa shape index (κ3) is 1.19. The van der Waals surface area contributed by atoms with Crippen molar-refractivity contribution in [2.45, 2.75) is 13.0 Å². The monoisotopic (exact) mass is 169 g/mol. The molecule has 2 heterocycles. The maximum atomic E-state index is 10.3. The second-order valence-corrected chi connectivity index (χ2v) is 3.46. The van der Waals surface area contributed by atoms with Crippen molar-refractivity contribution in [3.8, 4) is 0 Å². The van der Waals surface area contributed by atoms with Crippen LogP contribution in [-0.2, 0) is 17.8 Å². The predicted molar refractivity (Wildman–Crippen MR) is 40.9 cm³/mol. The van der Waals surface area contributed by atoms with Crippen LogP contribution in [0, 0.1) is 0 Å². The van der Waals surface area contributed by atoms with Crippen LogP contribution in [0.2, 0.25) is 0 Å². The van der Waals surface area contributed by atoms with E-state index in [1.807, 2.05) is 0 Å². The van der Waals surface area contributed by atoms with Gasteiger partial charge in [0.05, 0.1) is 23.8 Å². The van der Waals surface area contributed by atoms with Crippen LogP contribution in [0.15, 0.2) is 0 Å². The van der Waals surface area contributed by atoms with E-state index < -0.39 is 0 Å². The van der Waals surface area contributed by atoms with Gasteiger partial charge in [-0.3, -0.25) is 4.79 Å². The average molecular weight is 169 g/mol. The third-order valence-electron chi connectivity index (χ3n) is 1.61. The molecule has 0 aromatic carbocycles. The fourth-order valence-corrected chi connectivity index (χ4v) is 1.96. The maximum Gasteiger partial charge on any atom is 0.178 e. The minimum Gasteiger partial charge on any atom is -0.375 e. The van der Waals surface area contributed by atoms with Gasteiger partial charge in [0.2, 0.25) is 0 Å². The van der Waals surface area contributed by atoms with Crippen LogP contribution in [0.5, 0.6) is 0 Å². The summed E-state index contributed by atoms with van der Waals surface area (Å²) in [5.74, 6) is 0. The molecule has 1 aliphatic heterocycles. The van der Waals surface area contributed by atoms with E-state index in [2.05, 4.69) is 4.98 Å². The molecule has 0 saturated carbocycles. The second kappa shape index (κ2) is 2.71. The summed E-state index contributed by atoms with van der Waals surface area (Å²) in [6.45, 7) is 1.36. The molecule has 4 heteroatoms. The van der Waals surface area contributed by atoms with Gasteiger partial charge in [0.25, 0.3) is 0 Å². The summed E-state index contributed by atoms with van der Waals surface area (Å²) in [6, 6.07) is 0. The van der Waals surface area contributed by atoms with Crippen LogP contribution in [0.3, 0.4) is 0 Å². The lowest BCUT2D eigenvalue weighted by Crippen LogP contribution is -2.07. The quantitative estimate of drug-likeness (QED) is 0.589. The molecule has 58 valence electrons. The molecular weight excluding hydrogens is 162 g/mol. The Balaban J connectivity index is 2.39. The fraction of sp³-hybridized carbons (Fsp3) is 0.429. The number of carbonyl (C=O) groups excluding carboxylic acids is 1. The zero-order valence-electron chi connectivity index (χ0n) is 5.87. The van der Waals surface area contributed by atoms with Crippen LogP contribution < -0.4 is 0 Å². The highest BCUT2D eigenvalue weighted by molar-refractivity contribution is 7.13. The fourth-order valence-electron chi connectivity index (χ4n) is 1.10. The number of aldehydes is 1. The lowest BCUT2D eigenvalue weighted by atomic mass is 10.2. The summed E-state index contributed by atoms with van der Waals surface area (Å²) in [5, 5.41) is 0.570. The van der Waals surface area contributed by atoms with Crippen molar-refractivity contribution in [3.05, 3.63) is 15.6 Å². The topological polar surface area (TPSA) is 39.2 Å². The molecule has 1 aliphatic rings. The Labute approximate surface area is 68.0 Å². The smallest absolute Gasteiger partial charge is 0.178 e. The van der Waals surface area contributed by atoms with Gasteiger partial charge in [-0.1, -0.05) is 0 Å². The molecule has 0 bridgehead atoms. The molecule has 0 spiro atoms. The van der Waals surface area contributed by atoms with Crippen molar-refractivity contribution < 1.29 is 9.53 Å². The highest BCUT2D eigenvalue weighted by Crippen LogP contribution is 2.22. The molecule has 0 amide bonds. The van der Waals surface area contributed by atoms with Crippen molar-refractivity contribution in [1.82, 2.24) is 4.98 Å². The van der Waals surface area contributed by atoms with Gasteiger partial charge < -0.3 is 4.74 Å². The second-order valence-electron chi connectivity index (χ2n) is 2.34. The molecule has 0 unspecified atom stereocenters. The van der Waals surface area contributed by atoms with Gasteiger partial charge >= 0.3 is 0 Å². The first-order chi connectivity index (χ1) is 5.40. The van der Waals surface area contributed by atoms with E-state index in [1.165, 1.54) is 11.3 Å². The SMILES string of the molecule is O=Cc1nc2c(s1)COCC2. The number of rotatable bonds is 1. The third-order valence-corrected chi connectivity index (χ3v) is 2.61. The number of fused-ring (bicyclic) bond motifs is 1. The summed E-state index contributed by atoms with van der Waals surface area (Å²) in [7, 11) is 0. The molecule has 3 nitrogen and oxygen atoms in total. The van der Waals surface area contributed by atoms with Crippen molar-refractivity contribution in [3.63, 3.8) is 0 Å². The Kier molecular flexibility index (Phi) is 1.71. The predicted octanol–water partition coefficient (Wildman–Crippen LogP) is 1.03. The number of nitrogens with zero attached hydrogens (tertiary/aromatic N) is 1. The Bertz CT molecular complexity index is 258. The summed E-state index contributed by atoms with van der Waals surface area (Å²) >= 11 is 1.43. The summed E-state index contributed by atoms with van der Waals surface area (Å²) in [6.07, 6.45) is 1.64. The maximum absolute atomic E-state index is 10.3. The Hall–Kier alpha value is -0.740. The normalized spacial score (nSPS) is 16.0. The molecule has 0 atom stereocenters. The standard InChI is InChI=1S/C7H7NO2S/c9-3-7-8-5-1-2-10-4-6(5)11-7/h3H,1-2,4H2. The molecule has 0 radical (unpaired) electrons. The van der Waals surface area contributed by atoms with Gasteiger partial charge in [-0.15, -0.1) is 11.3 Å².